The molecular weight excluding hydrogens is 360 g/mol. The SMILES string of the molecule is CC1(C)CC[C@]2(C)CC=C3[C@]4(C)CC[C@@H]5C(C)(C)CCC[C@]5(C)[C@H]4CC[C@@]3(C)[C@@H]2C1. The highest BCUT2D eigenvalue weighted by atomic mass is 14.7. The van der Waals surface area contributed by atoms with Gasteiger partial charge in [-0.25, -0.2) is 0 Å². The van der Waals surface area contributed by atoms with Crippen LogP contribution in [0.4, 0.5) is 0 Å². The Kier molecular flexibility index (Phi) is 4.46. The van der Waals surface area contributed by atoms with Crippen LogP contribution in [0.25, 0.3) is 0 Å². The van der Waals surface area contributed by atoms with Crippen molar-refractivity contribution in [2.24, 2.45) is 50.2 Å². The molecule has 0 saturated heterocycles. The van der Waals surface area contributed by atoms with E-state index in [4.69, 9.17) is 0 Å². The molecule has 0 amide bonds. The molecule has 4 saturated carbocycles. The van der Waals surface area contributed by atoms with E-state index in [0.717, 1.165) is 17.8 Å². The topological polar surface area (TPSA) is 0 Å². The summed E-state index contributed by atoms with van der Waals surface area (Å²) < 4.78 is 0. The molecule has 0 unspecified atom stereocenters. The lowest BCUT2D eigenvalue weighted by Gasteiger charge is -2.70. The molecule has 0 spiro atoms. The molecule has 0 aromatic rings. The van der Waals surface area contributed by atoms with Crippen molar-refractivity contribution in [1.29, 1.82) is 0 Å². The molecule has 0 N–H and O–H groups in total. The smallest absolute Gasteiger partial charge is 0.00770 e. The van der Waals surface area contributed by atoms with Crippen molar-refractivity contribution < 1.29 is 0 Å². The molecule has 0 bridgehead atoms. The van der Waals surface area contributed by atoms with Crippen LogP contribution in [0.15, 0.2) is 11.6 Å². The third-order valence-electron chi connectivity index (χ3n) is 12.5. The van der Waals surface area contributed by atoms with E-state index in [9.17, 15) is 0 Å². The molecule has 0 aromatic carbocycles. The van der Waals surface area contributed by atoms with E-state index in [1.54, 1.807) is 0 Å². The molecule has 0 radical (unpaired) electrons. The van der Waals surface area contributed by atoms with Gasteiger partial charge < -0.3 is 0 Å². The van der Waals surface area contributed by atoms with Crippen molar-refractivity contribution in [2.75, 3.05) is 0 Å². The zero-order chi connectivity index (χ0) is 21.8. The van der Waals surface area contributed by atoms with E-state index < -0.39 is 0 Å². The fourth-order valence-electron chi connectivity index (χ4n) is 11.0. The number of hydrogen-bond acceptors (Lipinski definition) is 0. The van der Waals surface area contributed by atoms with Crippen molar-refractivity contribution in [3.63, 3.8) is 0 Å². The first-order valence-electron chi connectivity index (χ1n) is 13.5. The summed E-state index contributed by atoms with van der Waals surface area (Å²) in [4.78, 5) is 0. The predicted octanol–water partition coefficient (Wildman–Crippen LogP) is 9.20. The van der Waals surface area contributed by atoms with Crippen LogP contribution in [-0.2, 0) is 0 Å². The van der Waals surface area contributed by atoms with E-state index in [-0.39, 0.29) is 0 Å². The molecule has 4 fully saturated rings. The summed E-state index contributed by atoms with van der Waals surface area (Å²) in [5.74, 6) is 2.73. The summed E-state index contributed by atoms with van der Waals surface area (Å²) in [6.07, 6.45) is 18.8. The van der Waals surface area contributed by atoms with Gasteiger partial charge in [0.1, 0.15) is 0 Å². The molecule has 0 nitrogen and oxygen atoms in total. The van der Waals surface area contributed by atoms with E-state index in [1.165, 1.54) is 70.6 Å². The minimum atomic E-state index is 0.448. The second-order valence-corrected chi connectivity index (χ2v) is 15.3. The summed E-state index contributed by atoms with van der Waals surface area (Å²) in [6, 6.07) is 0. The lowest BCUT2D eigenvalue weighted by molar-refractivity contribution is -0.155. The number of rotatable bonds is 0. The second kappa shape index (κ2) is 6.20. The van der Waals surface area contributed by atoms with Gasteiger partial charge in [0.25, 0.3) is 0 Å². The third-order valence-corrected chi connectivity index (χ3v) is 12.5. The van der Waals surface area contributed by atoms with Crippen LogP contribution in [0.1, 0.15) is 126 Å². The standard InChI is InChI=1S/C30H50/c1-25(2)18-19-27(5)15-10-22-29(7)16-11-21-26(3,4)13-9-14-28(21,6)23(29)12-17-30(22,8)24(27)20-25/h10,21,23-24H,9,11-20H2,1-8H3/t21-,23-,24-,27+,28+,29+,30-/m1/s1. The average Bonchev–Trinajstić information content (AvgIpc) is 2.61. The molecule has 0 heterocycles. The Morgan fingerprint density at radius 3 is 2.00 bits per heavy atom. The lowest BCUT2D eigenvalue weighted by atomic mass is 9.35. The Balaban J connectivity index is 1.56. The normalized spacial score (nSPS) is 54.1. The van der Waals surface area contributed by atoms with E-state index >= 15 is 0 Å². The van der Waals surface area contributed by atoms with Crippen molar-refractivity contribution in [3.05, 3.63) is 11.6 Å². The van der Waals surface area contributed by atoms with Crippen molar-refractivity contribution in [2.45, 2.75) is 126 Å². The fraction of sp³-hybridized carbons (Fsp3) is 0.933. The first kappa shape index (κ1) is 21.6. The minimum absolute atomic E-state index is 0.448. The Morgan fingerprint density at radius 2 is 1.30 bits per heavy atom. The first-order valence-corrected chi connectivity index (χ1v) is 13.5. The van der Waals surface area contributed by atoms with Gasteiger partial charge in [0.15, 0.2) is 0 Å². The maximum Gasteiger partial charge on any atom is -0.00770 e. The number of allylic oxidation sites excluding steroid dienone is 2. The van der Waals surface area contributed by atoms with Crippen LogP contribution in [0.2, 0.25) is 0 Å². The summed E-state index contributed by atoms with van der Waals surface area (Å²) in [6.45, 7) is 21.2. The largest absolute Gasteiger partial charge is 0.0837 e. The maximum absolute atomic E-state index is 2.83. The molecular formula is C30H50. The molecule has 5 aliphatic rings. The van der Waals surface area contributed by atoms with Crippen molar-refractivity contribution in [1.82, 2.24) is 0 Å². The zero-order valence-electron chi connectivity index (χ0n) is 21.6. The second-order valence-electron chi connectivity index (χ2n) is 15.3. The van der Waals surface area contributed by atoms with Gasteiger partial charge in [-0.15, -0.1) is 0 Å². The van der Waals surface area contributed by atoms with Gasteiger partial charge in [0.2, 0.25) is 0 Å². The van der Waals surface area contributed by atoms with E-state index in [2.05, 4.69) is 61.5 Å². The molecule has 5 rings (SSSR count). The van der Waals surface area contributed by atoms with Gasteiger partial charge in [-0.05, 0) is 114 Å². The van der Waals surface area contributed by atoms with Gasteiger partial charge in [0.05, 0.1) is 0 Å². The fourth-order valence-corrected chi connectivity index (χ4v) is 11.0. The van der Waals surface area contributed by atoms with Crippen LogP contribution < -0.4 is 0 Å². The van der Waals surface area contributed by atoms with Gasteiger partial charge in [-0.1, -0.05) is 73.5 Å². The van der Waals surface area contributed by atoms with Crippen LogP contribution in [0.3, 0.4) is 0 Å². The highest BCUT2D eigenvalue weighted by Crippen LogP contribution is 2.74. The molecule has 30 heavy (non-hydrogen) atoms. The Bertz CT molecular complexity index is 754. The Hall–Kier alpha value is -0.260. The monoisotopic (exact) mass is 410 g/mol. The van der Waals surface area contributed by atoms with Gasteiger partial charge in [-0.3, -0.25) is 0 Å². The van der Waals surface area contributed by atoms with Crippen LogP contribution in [0, 0.1) is 50.2 Å². The lowest BCUT2D eigenvalue weighted by Crippen LogP contribution is -2.61. The summed E-state index contributed by atoms with van der Waals surface area (Å²) in [5.41, 5.74) is 5.02. The summed E-state index contributed by atoms with van der Waals surface area (Å²) >= 11 is 0. The zero-order valence-corrected chi connectivity index (χ0v) is 21.6. The average molecular weight is 411 g/mol. The van der Waals surface area contributed by atoms with Crippen molar-refractivity contribution >= 4 is 0 Å². The molecule has 0 aliphatic heterocycles. The van der Waals surface area contributed by atoms with Gasteiger partial charge in [-0.2, -0.15) is 0 Å². The van der Waals surface area contributed by atoms with Crippen molar-refractivity contribution in [3.8, 4) is 0 Å². The van der Waals surface area contributed by atoms with E-state index in [1.807, 2.05) is 5.57 Å². The highest BCUT2D eigenvalue weighted by molar-refractivity contribution is 5.34. The van der Waals surface area contributed by atoms with Gasteiger partial charge in [0, 0.05) is 0 Å². The Morgan fingerprint density at radius 1 is 0.667 bits per heavy atom. The maximum atomic E-state index is 2.83. The number of fused-ring (bicyclic) bond motifs is 7. The summed E-state index contributed by atoms with van der Waals surface area (Å²) in [5, 5.41) is 0. The van der Waals surface area contributed by atoms with Crippen LogP contribution in [0.5, 0.6) is 0 Å². The first-order chi connectivity index (χ1) is 13.8. The molecule has 0 aromatic heterocycles. The molecule has 7 atom stereocenters. The third kappa shape index (κ3) is 2.70. The summed E-state index contributed by atoms with van der Waals surface area (Å²) in [7, 11) is 0. The Labute approximate surface area is 188 Å². The number of hydrogen-bond donors (Lipinski definition) is 0. The molecule has 0 heteroatoms. The minimum Gasteiger partial charge on any atom is -0.0837 e. The highest BCUT2D eigenvalue weighted by Gasteiger charge is 2.65. The van der Waals surface area contributed by atoms with Crippen LogP contribution >= 0.6 is 0 Å². The predicted molar refractivity (Wildman–Crippen MR) is 129 cm³/mol. The van der Waals surface area contributed by atoms with Crippen LogP contribution in [-0.4, -0.2) is 0 Å². The quantitative estimate of drug-likeness (QED) is 0.349. The van der Waals surface area contributed by atoms with Gasteiger partial charge >= 0.3 is 0 Å². The van der Waals surface area contributed by atoms with E-state index in [0.29, 0.717) is 32.5 Å². The molecule has 170 valence electrons. The molecule has 5 aliphatic carbocycles.